The molecule has 0 aliphatic carbocycles. The third kappa shape index (κ3) is 2.30. The lowest BCUT2D eigenvalue weighted by molar-refractivity contribution is -0.150. The molecule has 0 radical (unpaired) electrons. The van der Waals surface area contributed by atoms with Gasteiger partial charge in [0.05, 0.1) is 7.11 Å². The Balaban J connectivity index is 3.14. The first-order valence-electron chi connectivity index (χ1n) is 4.18. The zero-order valence-electron chi connectivity index (χ0n) is 8.25. The topological polar surface area (TPSA) is 46.5 Å². The number of hydrogen-bond acceptors (Lipinski definition) is 3. The summed E-state index contributed by atoms with van der Waals surface area (Å²) in [6, 6.07) is 1.70. The monoisotopic (exact) mass is 216 g/mol. The summed E-state index contributed by atoms with van der Waals surface area (Å²) in [5, 5.41) is 9.35. The van der Waals surface area contributed by atoms with Crippen molar-refractivity contribution in [3.63, 3.8) is 0 Å². The van der Waals surface area contributed by atoms with Crippen LogP contribution in [-0.2, 0) is 9.53 Å². The zero-order chi connectivity index (χ0) is 11.6. The average molecular weight is 216 g/mol. The van der Waals surface area contributed by atoms with Crippen LogP contribution in [-0.4, -0.2) is 18.2 Å². The van der Waals surface area contributed by atoms with Gasteiger partial charge in [-0.2, -0.15) is 0 Å². The summed E-state index contributed by atoms with van der Waals surface area (Å²) in [5.41, 5.74) is -0.143. The molecular weight excluding hydrogens is 206 g/mol. The highest BCUT2D eigenvalue weighted by Gasteiger charge is 2.22. The van der Waals surface area contributed by atoms with Crippen molar-refractivity contribution in [2.45, 2.75) is 13.0 Å². The summed E-state index contributed by atoms with van der Waals surface area (Å²) in [4.78, 5) is 10.9. The number of benzene rings is 1. The number of rotatable bonds is 2. The van der Waals surface area contributed by atoms with E-state index in [1.54, 1.807) is 0 Å². The molecule has 3 nitrogen and oxygen atoms in total. The molecule has 0 saturated heterocycles. The number of carbonyl (C=O) groups is 1. The van der Waals surface area contributed by atoms with Crippen molar-refractivity contribution in [1.82, 2.24) is 0 Å². The number of methoxy groups -OCH3 is 1. The van der Waals surface area contributed by atoms with Gasteiger partial charge in [0.1, 0.15) is 11.6 Å². The predicted octanol–water partition coefficient (Wildman–Crippen LogP) is 1.48. The number of aliphatic hydroxyl groups excluding tert-OH is 1. The van der Waals surface area contributed by atoms with Crippen LogP contribution in [0.3, 0.4) is 0 Å². The van der Waals surface area contributed by atoms with Gasteiger partial charge in [-0.05, 0) is 18.6 Å². The molecule has 0 fully saturated rings. The first-order chi connectivity index (χ1) is 6.97. The van der Waals surface area contributed by atoms with E-state index in [4.69, 9.17) is 0 Å². The standard InChI is InChI=1S/C10H10F2O3/c1-5-3-6(8(12)4-7(5)11)9(13)10(14)15-2/h3-4,9,13H,1-2H3. The Kier molecular flexibility index (Phi) is 3.36. The minimum absolute atomic E-state index is 0.148. The highest BCUT2D eigenvalue weighted by molar-refractivity contribution is 5.76. The van der Waals surface area contributed by atoms with Crippen molar-refractivity contribution in [2.24, 2.45) is 0 Å². The van der Waals surface area contributed by atoms with Crippen molar-refractivity contribution in [3.8, 4) is 0 Å². The van der Waals surface area contributed by atoms with Crippen LogP contribution < -0.4 is 0 Å². The summed E-state index contributed by atoms with van der Waals surface area (Å²) >= 11 is 0. The minimum Gasteiger partial charge on any atom is -0.467 e. The number of halogens is 2. The fraction of sp³-hybridized carbons (Fsp3) is 0.300. The summed E-state index contributed by atoms with van der Waals surface area (Å²) in [6.45, 7) is 1.41. The smallest absolute Gasteiger partial charge is 0.339 e. The molecule has 1 unspecified atom stereocenters. The van der Waals surface area contributed by atoms with Gasteiger partial charge in [0.2, 0.25) is 0 Å². The Morgan fingerprint density at radius 3 is 2.53 bits per heavy atom. The summed E-state index contributed by atoms with van der Waals surface area (Å²) in [5.74, 6) is -2.69. The zero-order valence-corrected chi connectivity index (χ0v) is 8.25. The molecule has 0 aromatic heterocycles. The molecule has 0 aliphatic rings. The number of esters is 1. The lowest BCUT2D eigenvalue weighted by Crippen LogP contribution is -2.15. The number of ether oxygens (including phenoxy) is 1. The molecule has 0 spiro atoms. The van der Waals surface area contributed by atoms with Crippen LogP contribution in [0.5, 0.6) is 0 Å². The molecule has 1 aromatic carbocycles. The molecule has 0 amide bonds. The molecule has 0 aliphatic heterocycles. The highest BCUT2D eigenvalue weighted by Crippen LogP contribution is 2.21. The van der Waals surface area contributed by atoms with E-state index in [0.29, 0.717) is 6.07 Å². The molecule has 5 heteroatoms. The van der Waals surface area contributed by atoms with Gasteiger partial charge in [-0.3, -0.25) is 0 Å². The van der Waals surface area contributed by atoms with Crippen LogP contribution in [0.4, 0.5) is 8.78 Å². The summed E-state index contributed by atoms with van der Waals surface area (Å²) in [7, 11) is 1.07. The molecule has 1 N–H and O–H groups in total. The van der Waals surface area contributed by atoms with E-state index in [-0.39, 0.29) is 11.1 Å². The van der Waals surface area contributed by atoms with Crippen LogP contribution in [0, 0.1) is 18.6 Å². The van der Waals surface area contributed by atoms with Gasteiger partial charge < -0.3 is 9.84 Å². The van der Waals surface area contributed by atoms with E-state index >= 15 is 0 Å². The molecule has 1 rings (SSSR count). The number of carbonyl (C=O) groups excluding carboxylic acids is 1. The molecule has 1 aromatic rings. The molecular formula is C10H10F2O3. The van der Waals surface area contributed by atoms with Gasteiger partial charge in [0.15, 0.2) is 6.10 Å². The number of hydrogen-bond donors (Lipinski definition) is 1. The average Bonchev–Trinajstić information content (AvgIpc) is 2.21. The van der Waals surface area contributed by atoms with Crippen molar-refractivity contribution in [2.75, 3.05) is 7.11 Å². The Bertz CT molecular complexity index is 390. The lowest BCUT2D eigenvalue weighted by Gasteiger charge is -2.10. The first-order valence-corrected chi connectivity index (χ1v) is 4.18. The van der Waals surface area contributed by atoms with E-state index < -0.39 is 23.7 Å². The third-order valence-electron chi connectivity index (χ3n) is 2.00. The van der Waals surface area contributed by atoms with Gasteiger partial charge in [0.25, 0.3) is 0 Å². The summed E-state index contributed by atoms with van der Waals surface area (Å²) < 4.78 is 30.3. The van der Waals surface area contributed by atoms with Gasteiger partial charge in [0, 0.05) is 11.6 Å². The minimum atomic E-state index is -1.73. The number of aryl methyl sites for hydroxylation is 1. The van der Waals surface area contributed by atoms with Crippen LogP contribution in [0.15, 0.2) is 12.1 Å². The third-order valence-corrected chi connectivity index (χ3v) is 2.00. The van der Waals surface area contributed by atoms with E-state index in [2.05, 4.69) is 4.74 Å². The van der Waals surface area contributed by atoms with Gasteiger partial charge in [-0.1, -0.05) is 0 Å². The maximum Gasteiger partial charge on any atom is 0.339 e. The number of aliphatic hydroxyl groups is 1. The molecule has 1 atom stereocenters. The Morgan fingerprint density at radius 1 is 1.40 bits per heavy atom. The first kappa shape index (κ1) is 11.6. The Hall–Kier alpha value is -1.49. The van der Waals surface area contributed by atoms with Crippen molar-refractivity contribution < 1.29 is 23.4 Å². The largest absolute Gasteiger partial charge is 0.467 e. The molecule has 0 bridgehead atoms. The molecule has 15 heavy (non-hydrogen) atoms. The van der Waals surface area contributed by atoms with Crippen molar-refractivity contribution in [3.05, 3.63) is 34.9 Å². The summed E-state index contributed by atoms with van der Waals surface area (Å²) in [6.07, 6.45) is -1.73. The quantitative estimate of drug-likeness (QED) is 0.761. The maximum atomic E-state index is 13.2. The van der Waals surface area contributed by atoms with Crippen molar-refractivity contribution in [1.29, 1.82) is 0 Å². The predicted molar refractivity (Wildman–Crippen MR) is 48.1 cm³/mol. The van der Waals surface area contributed by atoms with Crippen LogP contribution >= 0.6 is 0 Å². The SMILES string of the molecule is COC(=O)C(O)c1cc(C)c(F)cc1F. The normalized spacial score (nSPS) is 12.3. The van der Waals surface area contributed by atoms with Gasteiger partial charge in [-0.15, -0.1) is 0 Å². The van der Waals surface area contributed by atoms with E-state index in [0.717, 1.165) is 13.2 Å². The fourth-order valence-corrected chi connectivity index (χ4v) is 1.13. The molecule has 0 heterocycles. The Labute approximate surface area is 85.3 Å². The lowest BCUT2D eigenvalue weighted by atomic mass is 10.1. The highest BCUT2D eigenvalue weighted by atomic mass is 19.1. The van der Waals surface area contributed by atoms with E-state index in [1.165, 1.54) is 6.92 Å². The van der Waals surface area contributed by atoms with E-state index in [9.17, 15) is 18.7 Å². The van der Waals surface area contributed by atoms with Crippen LogP contribution in [0.1, 0.15) is 17.2 Å². The van der Waals surface area contributed by atoms with Gasteiger partial charge >= 0.3 is 5.97 Å². The van der Waals surface area contributed by atoms with Crippen LogP contribution in [0.25, 0.3) is 0 Å². The molecule has 82 valence electrons. The maximum absolute atomic E-state index is 13.2. The Morgan fingerprint density at radius 2 is 2.00 bits per heavy atom. The van der Waals surface area contributed by atoms with Crippen molar-refractivity contribution >= 4 is 5.97 Å². The fourth-order valence-electron chi connectivity index (χ4n) is 1.13. The van der Waals surface area contributed by atoms with Gasteiger partial charge in [-0.25, -0.2) is 13.6 Å². The second-order valence-electron chi connectivity index (χ2n) is 3.05. The molecule has 0 saturated carbocycles. The van der Waals surface area contributed by atoms with Crippen LogP contribution in [0.2, 0.25) is 0 Å². The van der Waals surface area contributed by atoms with E-state index in [1.807, 2.05) is 0 Å². The second-order valence-corrected chi connectivity index (χ2v) is 3.05. The second kappa shape index (κ2) is 4.35.